The van der Waals surface area contributed by atoms with Gasteiger partial charge in [0.2, 0.25) is 0 Å². The van der Waals surface area contributed by atoms with E-state index in [9.17, 15) is 28.8 Å². The fraction of sp³-hybridized carbons (Fsp3) is 0.467. The highest BCUT2D eigenvalue weighted by Gasteiger charge is 2.35. The lowest BCUT2D eigenvalue weighted by molar-refractivity contribution is -0.160. The maximum Gasteiger partial charge on any atom is 0.330 e. The van der Waals surface area contributed by atoms with Crippen LogP contribution in [-0.4, -0.2) is 75.5 Å². The van der Waals surface area contributed by atoms with Crippen LogP contribution in [0.4, 0.5) is 0 Å². The predicted molar refractivity (Wildman–Crippen MR) is 150 cm³/mol. The van der Waals surface area contributed by atoms with Gasteiger partial charge < -0.3 is 28.4 Å². The summed E-state index contributed by atoms with van der Waals surface area (Å²) in [7, 11) is 0. The van der Waals surface area contributed by atoms with E-state index in [1.54, 1.807) is 13.8 Å². The second-order valence-electron chi connectivity index (χ2n) is 9.16. The number of ether oxygens (including phenoxy) is 6. The normalized spacial score (nSPS) is 11.0. The van der Waals surface area contributed by atoms with Gasteiger partial charge >= 0.3 is 35.8 Å². The van der Waals surface area contributed by atoms with Crippen molar-refractivity contribution in [1.82, 2.24) is 0 Å². The molecule has 12 heteroatoms. The van der Waals surface area contributed by atoms with Crippen molar-refractivity contribution in [3.05, 3.63) is 62.8 Å². The van der Waals surface area contributed by atoms with E-state index in [0.29, 0.717) is 12.8 Å². The van der Waals surface area contributed by atoms with Gasteiger partial charge in [-0.05, 0) is 12.8 Å². The average Bonchev–Trinajstić information content (AvgIpc) is 3.01. The van der Waals surface area contributed by atoms with Crippen LogP contribution in [0.15, 0.2) is 62.8 Å². The Kier molecular flexibility index (Phi) is 18.2. The summed E-state index contributed by atoms with van der Waals surface area (Å²) in [6, 6.07) is 0. The lowest BCUT2D eigenvalue weighted by atomic mass is 9.88. The predicted octanol–water partition coefficient (Wildman–Crippen LogP) is 3.12. The summed E-state index contributed by atoms with van der Waals surface area (Å²) in [5.74, 6) is -4.01. The van der Waals surface area contributed by atoms with Crippen LogP contribution in [0.3, 0.4) is 0 Å². The summed E-state index contributed by atoms with van der Waals surface area (Å²) in [5, 5.41) is 0. The van der Waals surface area contributed by atoms with E-state index >= 15 is 0 Å². The maximum atomic E-state index is 12.3. The molecule has 0 aromatic carbocycles. The van der Waals surface area contributed by atoms with Crippen molar-refractivity contribution in [2.45, 2.75) is 39.5 Å². The molecular weight excluding hydrogens is 552 g/mol. The number of carbonyl (C=O) groups is 6. The summed E-state index contributed by atoms with van der Waals surface area (Å²) in [4.78, 5) is 70.7. The fourth-order valence-electron chi connectivity index (χ4n) is 2.94. The number of esters is 6. The van der Waals surface area contributed by atoms with E-state index in [1.165, 1.54) is 12.2 Å². The van der Waals surface area contributed by atoms with Crippen LogP contribution in [-0.2, 0) is 57.2 Å². The van der Waals surface area contributed by atoms with Gasteiger partial charge in [-0.2, -0.15) is 0 Å². The molecule has 0 bridgehead atoms. The molecule has 42 heavy (non-hydrogen) atoms. The Bertz CT molecular complexity index is 895. The van der Waals surface area contributed by atoms with Gasteiger partial charge in [0.25, 0.3) is 0 Å². The van der Waals surface area contributed by atoms with Gasteiger partial charge in [0, 0.05) is 24.3 Å². The quantitative estimate of drug-likeness (QED) is 0.0784. The minimum absolute atomic E-state index is 0.181. The average molecular weight is 593 g/mol. The van der Waals surface area contributed by atoms with Gasteiger partial charge in [0.1, 0.15) is 39.6 Å². The lowest BCUT2D eigenvalue weighted by Gasteiger charge is -2.30. The maximum absolute atomic E-state index is 12.3. The van der Waals surface area contributed by atoms with Gasteiger partial charge in [0.15, 0.2) is 0 Å². The molecule has 0 spiro atoms. The van der Waals surface area contributed by atoms with Gasteiger partial charge in [0.05, 0.1) is 23.7 Å². The SMILES string of the molecule is C=CC(=O)OCC(CC)(COC(=O)C=C)COC(=O)C/C=C/CC(=O)OCC(CC)(COC(=O)C=C)COC(=O)C=C. The highest BCUT2D eigenvalue weighted by Crippen LogP contribution is 2.26. The van der Waals surface area contributed by atoms with Crippen molar-refractivity contribution in [1.29, 1.82) is 0 Å². The van der Waals surface area contributed by atoms with Crippen molar-refractivity contribution < 1.29 is 57.2 Å². The minimum Gasteiger partial charge on any atom is -0.465 e. The zero-order valence-corrected chi connectivity index (χ0v) is 24.3. The molecule has 0 aliphatic carbocycles. The van der Waals surface area contributed by atoms with E-state index in [0.717, 1.165) is 24.3 Å². The van der Waals surface area contributed by atoms with E-state index < -0.39 is 46.6 Å². The molecule has 0 heterocycles. The van der Waals surface area contributed by atoms with Crippen molar-refractivity contribution in [3.8, 4) is 0 Å². The number of rotatable bonds is 22. The molecule has 0 aromatic heterocycles. The van der Waals surface area contributed by atoms with Crippen molar-refractivity contribution in [2.75, 3.05) is 39.6 Å². The molecule has 0 radical (unpaired) electrons. The molecule has 0 saturated carbocycles. The molecule has 0 aromatic rings. The Balaban J connectivity index is 5.02. The van der Waals surface area contributed by atoms with E-state index in [-0.39, 0.29) is 52.5 Å². The first-order valence-electron chi connectivity index (χ1n) is 13.1. The van der Waals surface area contributed by atoms with Gasteiger partial charge in [-0.25, -0.2) is 19.2 Å². The Morgan fingerprint density at radius 3 is 0.929 bits per heavy atom. The molecular formula is C30H40O12. The van der Waals surface area contributed by atoms with Crippen molar-refractivity contribution in [2.24, 2.45) is 10.8 Å². The number of carbonyl (C=O) groups excluding carboxylic acids is 6. The number of hydrogen-bond donors (Lipinski definition) is 0. The van der Waals surface area contributed by atoms with Crippen molar-refractivity contribution in [3.63, 3.8) is 0 Å². The third-order valence-corrected chi connectivity index (χ3v) is 6.06. The zero-order valence-electron chi connectivity index (χ0n) is 24.3. The smallest absolute Gasteiger partial charge is 0.330 e. The van der Waals surface area contributed by atoms with Gasteiger partial charge in [-0.15, -0.1) is 0 Å². The highest BCUT2D eigenvalue weighted by molar-refractivity contribution is 5.82. The molecule has 12 nitrogen and oxygen atoms in total. The molecule has 0 fully saturated rings. The summed E-state index contributed by atoms with van der Waals surface area (Å²) in [6.45, 7) is 15.6. The largest absolute Gasteiger partial charge is 0.465 e. The lowest BCUT2D eigenvalue weighted by Crippen LogP contribution is -2.38. The topological polar surface area (TPSA) is 158 Å². The zero-order chi connectivity index (χ0) is 32.0. The minimum atomic E-state index is -0.994. The number of hydrogen-bond acceptors (Lipinski definition) is 12. The standard InChI is InChI=1S/C30H40O12/c1-7-23(31)37-17-29(11-5,18-38-24(32)8-2)21-41-27(35)15-13-14-16-28(36)42-22-30(12-6,19-39-25(33)9-3)20-40-26(34)10-4/h7-10,13-14H,1-4,11-12,15-22H2,5-6H3/b14-13+. The fourth-order valence-corrected chi connectivity index (χ4v) is 2.94. The molecule has 0 atom stereocenters. The molecule has 0 N–H and O–H groups in total. The van der Waals surface area contributed by atoms with Crippen LogP contribution in [0.1, 0.15) is 39.5 Å². The molecule has 0 aliphatic rings. The first-order valence-corrected chi connectivity index (χ1v) is 13.1. The first kappa shape index (κ1) is 37.5. The molecule has 232 valence electrons. The van der Waals surface area contributed by atoms with Gasteiger partial charge in [-0.1, -0.05) is 52.3 Å². The summed E-state index contributed by atoms with van der Waals surface area (Å²) in [5.41, 5.74) is -1.99. The van der Waals surface area contributed by atoms with Gasteiger partial charge in [-0.3, -0.25) is 9.59 Å². The molecule has 0 aliphatic heterocycles. The third kappa shape index (κ3) is 15.3. The Hall–Kier alpha value is -4.48. The van der Waals surface area contributed by atoms with Crippen LogP contribution in [0.2, 0.25) is 0 Å². The van der Waals surface area contributed by atoms with Crippen LogP contribution in [0, 0.1) is 10.8 Å². The van der Waals surface area contributed by atoms with Crippen molar-refractivity contribution >= 4 is 35.8 Å². The molecule has 0 rings (SSSR count). The first-order chi connectivity index (χ1) is 19.9. The van der Waals surface area contributed by atoms with E-state index in [4.69, 9.17) is 28.4 Å². The molecule has 0 saturated heterocycles. The molecule has 0 amide bonds. The van der Waals surface area contributed by atoms with Crippen LogP contribution in [0.5, 0.6) is 0 Å². The summed E-state index contributed by atoms with van der Waals surface area (Å²) in [6.07, 6.45) is 7.08. The molecule has 0 unspecified atom stereocenters. The Labute approximate surface area is 246 Å². The van der Waals surface area contributed by atoms with E-state index in [2.05, 4.69) is 26.3 Å². The van der Waals surface area contributed by atoms with Crippen LogP contribution >= 0.6 is 0 Å². The highest BCUT2D eigenvalue weighted by atomic mass is 16.6. The van der Waals surface area contributed by atoms with E-state index in [1.807, 2.05) is 0 Å². The Morgan fingerprint density at radius 2 is 0.714 bits per heavy atom. The Morgan fingerprint density at radius 1 is 0.476 bits per heavy atom. The van der Waals surface area contributed by atoms with Crippen LogP contribution in [0.25, 0.3) is 0 Å². The second-order valence-corrected chi connectivity index (χ2v) is 9.16. The second kappa shape index (κ2) is 20.4. The monoisotopic (exact) mass is 592 g/mol. The summed E-state index contributed by atoms with van der Waals surface area (Å²) < 4.78 is 31.0. The third-order valence-electron chi connectivity index (χ3n) is 6.06. The summed E-state index contributed by atoms with van der Waals surface area (Å²) >= 11 is 0. The van der Waals surface area contributed by atoms with Crippen LogP contribution < -0.4 is 0 Å².